The average molecular weight is 309 g/mol. The Hall–Kier alpha value is -1.99. The van der Waals surface area contributed by atoms with E-state index in [0.717, 1.165) is 6.07 Å². The van der Waals surface area contributed by atoms with Gasteiger partial charge in [0.25, 0.3) is 10.0 Å². The Morgan fingerprint density at radius 2 is 1.90 bits per heavy atom. The van der Waals surface area contributed by atoms with Crippen molar-refractivity contribution in [3.05, 3.63) is 54.1 Å². The summed E-state index contributed by atoms with van der Waals surface area (Å²) in [4.78, 5) is 3.75. The summed E-state index contributed by atoms with van der Waals surface area (Å²) >= 11 is 0. The Balaban J connectivity index is 2.36. The van der Waals surface area contributed by atoms with E-state index in [-0.39, 0.29) is 4.90 Å². The Labute approximate surface area is 123 Å². The van der Waals surface area contributed by atoms with Crippen LogP contribution in [0.15, 0.2) is 47.6 Å². The molecule has 1 aromatic carbocycles. The van der Waals surface area contributed by atoms with Gasteiger partial charge in [-0.2, -0.15) is 0 Å². The number of pyridine rings is 1. The number of hydrogen-bond acceptors (Lipinski definition) is 4. The van der Waals surface area contributed by atoms with Crippen LogP contribution in [0.25, 0.3) is 0 Å². The van der Waals surface area contributed by atoms with E-state index in [9.17, 15) is 12.8 Å². The number of benzene rings is 1. The summed E-state index contributed by atoms with van der Waals surface area (Å²) < 4.78 is 40.7. The van der Waals surface area contributed by atoms with Crippen molar-refractivity contribution in [3.63, 3.8) is 0 Å². The summed E-state index contributed by atoms with van der Waals surface area (Å²) in [6.07, 6.45) is 2.95. The lowest BCUT2D eigenvalue weighted by Crippen LogP contribution is -2.19. The molecular weight excluding hydrogens is 293 g/mol. The van der Waals surface area contributed by atoms with Crippen molar-refractivity contribution >= 4 is 15.7 Å². The molecule has 112 valence electrons. The highest BCUT2D eigenvalue weighted by molar-refractivity contribution is 7.92. The zero-order chi connectivity index (χ0) is 15.3. The first kappa shape index (κ1) is 15.4. The molecule has 1 heterocycles. The minimum Gasteiger partial charge on any atom is -0.313 e. The Morgan fingerprint density at radius 3 is 2.57 bits per heavy atom. The monoisotopic (exact) mass is 309 g/mol. The lowest BCUT2D eigenvalue weighted by molar-refractivity contribution is 0.590. The molecule has 5 nitrogen and oxygen atoms in total. The fourth-order valence-corrected chi connectivity index (χ4v) is 3.12. The summed E-state index contributed by atoms with van der Waals surface area (Å²) in [7, 11) is -3.85. The SMILES string of the molecule is CCNCc1ccc(F)cc1S(=O)(=O)Nc1ccncc1. The van der Waals surface area contributed by atoms with Crippen molar-refractivity contribution in [2.45, 2.75) is 18.4 Å². The van der Waals surface area contributed by atoms with Crippen molar-refractivity contribution in [1.82, 2.24) is 10.3 Å². The molecule has 0 unspecified atom stereocenters. The maximum absolute atomic E-state index is 13.4. The molecule has 0 atom stereocenters. The first-order valence-electron chi connectivity index (χ1n) is 6.45. The van der Waals surface area contributed by atoms with E-state index in [2.05, 4.69) is 15.0 Å². The summed E-state index contributed by atoms with van der Waals surface area (Å²) in [6, 6.07) is 6.80. The van der Waals surface area contributed by atoms with Crippen LogP contribution in [0.5, 0.6) is 0 Å². The lowest BCUT2D eigenvalue weighted by Gasteiger charge is -2.12. The zero-order valence-corrected chi connectivity index (χ0v) is 12.3. The third kappa shape index (κ3) is 3.99. The summed E-state index contributed by atoms with van der Waals surface area (Å²) in [5, 5.41) is 3.04. The Kier molecular flexibility index (Phi) is 4.87. The van der Waals surface area contributed by atoms with Gasteiger partial charge in [-0.1, -0.05) is 13.0 Å². The predicted octanol–water partition coefficient (Wildman–Crippen LogP) is 2.13. The topological polar surface area (TPSA) is 71.1 Å². The number of nitrogens with zero attached hydrogens (tertiary/aromatic N) is 1. The second-order valence-electron chi connectivity index (χ2n) is 4.37. The molecule has 0 spiro atoms. The smallest absolute Gasteiger partial charge is 0.262 e. The maximum Gasteiger partial charge on any atom is 0.262 e. The third-order valence-electron chi connectivity index (χ3n) is 2.82. The predicted molar refractivity (Wildman–Crippen MR) is 78.8 cm³/mol. The molecule has 0 fully saturated rings. The van der Waals surface area contributed by atoms with Crippen LogP contribution in [0.2, 0.25) is 0 Å². The second-order valence-corrected chi connectivity index (χ2v) is 6.02. The molecule has 2 rings (SSSR count). The van der Waals surface area contributed by atoms with Gasteiger partial charge in [0.05, 0.1) is 10.6 Å². The van der Waals surface area contributed by atoms with Crippen molar-refractivity contribution in [1.29, 1.82) is 0 Å². The highest BCUT2D eigenvalue weighted by Crippen LogP contribution is 2.20. The number of anilines is 1. The van der Waals surface area contributed by atoms with Gasteiger partial charge in [-0.25, -0.2) is 12.8 Å². The molecule has 0 aliphatic carbocycles. The first-order valence-corrected chi connectivity index (χ1v) is 7.93. The van der Waals surface area contributed by atoms with Crippen LogP contribution >= 0.6 is 0 Å². The second kappa shape index (κ2) is 6.64. The van der Waals surface area contributed by atoms with E-state index in [1.807, 2.05) is 6.92 Å². The van der Waals surface area contributed by atoms with E-state index in [0.29, 0.717) is 24.3 Å². The molecule has 0 amide bonds. The van der Waals surface area contributed by atoms with Crippen molar-refractivity contribution in [3.8, 4) is 0 Å². The number of aromatic nitrogens is 1. The highest BCUT2D eigenvalue weighted by Gasteiger charge is 2.19. The number of sulfonamides is 1. The van der Waals surface area contributed by atoms with Crippen molar-refractivity contribution in [2.24, 2.45) is 0 Å². The van der Waals surface area contributed by atoms with Crippen LogP contribution in [0.1, 0.15) is 12.5 Å². The fourth-order valence-electron chi connectivity index (χ4n) is 1.81. The molecule has 0 aliphatic heterocycles. The van der Waals surface area contributed by atoms with Gasteiger partial charge in [0.15, 0.2) is 0 Å². The maximum atomic E-state index is 13.4. The molecule has 0 radical (unpaired) electrons. The first-order chi connectivity index (χ1) is 10.0. The molecule has 2 N–H and O–H groups in total. The van der Waals surface area contributed by atoms with Crippen LogP contribution in [0.3, 0.4) is 0 Å². The van der Waals surface area contributed by atoms with Gasteiger partial charge in [0.1, 0.15) is 5.82 Å². The van der Waals surface area contributed by atoms with Gasteiger partial charge in [-0.05, 0) is 36.4 Å². The van der Waals surface area contributed by atoms with Crippen LogP contribution in [-0.2, 0) is 16.6 Å². The van der Waals surface area contributed by atoms with Crippen LogP contribution < -0.4 is 10.0 Å². The Morgan fingerprint density at radius 1 is 1.19 bits per heavy atom. The van der Waals surface area contributed by atoms with Gasteiger partial charge in [-0.15, -0.1) is 0 Å². The number of halogens is 1. The molecular formula is C14H16FN3O2S. The molecule has 2 aromatic rings. The summed E-state index contributed by atoms with van der Waals surface area (Å²) in [5.41, 5.74) is 0.892. The van der Waals surface area contributed by atoms with Gasteiger partial charge in [0.2, 0.25) is 0 Å². The van der Waals surface area contributed by atoms with Crippen molar-refractivity contribution in [2.75, 3.05) is 11.3 Å². The Bertz CT molecular complexity index is 705. The van der Waals surface area contributed by atoms with E-state index >= 15 is 0 Å². The minimum atomic E-state index is -3.85. The number of hydrogen-bond donors (Lipinski definition) is 2. The normalized spacial score (nSPS) is 11.3. The highest BCUT2D eigenvalue weighted by atomic mass is 32.2. The summed E-state index contributed by atoms with van der Waals surface area (Å²) in [6.45, 7) is 2.95. The number of nitrogens with one attached hydrogen (secondary N) is 2. The van der Waals surface area contributed by atoms with Gasteiger partial charge >= 0.3 is 0 Å². The molecule has 21 heavy (non-hydrogen) atoms. The molecule has 7 heteroatoms. The van der Waals surface area contributed by atoms with Crippen LogP contribution in [-0.4, -0.2) is 19.9 Å². The molecule has 0 aliphatic rings. The molecule has 1 aromatic heterocycles. The average Bonchev–Trinajstić information content (AvgIpc) is 2.46. The summed E-state index contributed by atoms with van der Waals surface area (Å²) in [5.74, 6) is -0.592. The standard InChI is InChI=1S/C14H16FN3O2S/c1-2-16-10-11-3-4-12(15)9-14(11)21(19,20)18-13-5-7-17-8-6-13/h3-9,16H,2,10H2,1H3,(H,17,18). The fraction of sp³-hybridized carbons (Fsp3) is 0.214. The quantitative estimate of drug-likeness (QED) is 0.857. The molecule has 0 bridgehead atoms. The zero-order valence-electron chi connectivity index (χ0n) is 11.5. The van der Waals surface area contributed by atoms with E-state index in [1.165, 1.54) is 36.7 Å². The molecule has 0 saturated heterocycles. The largest absolute Gasteiger partial charge is 0.313 e. The van der Waals surface area contributed by atoms with Gasteiger partial charge in [-0.3, -0.25) is 9.71 Å². The lowest BCUT2D eigenvalue weighted by atomic mass is 10.2. The number of rotatable bonds is 6. The van der Waals surface area contributed by atoms with Gasteiger partial charge < -0.3 is 5.32 Å². The van der Waals surface area contributed by atoms with E-state index < -0.39 is 15.8 Å². The van der Waals surface area contributed by atoms with Crippen molar-refractivity contribution < 1.29 is 12.8 Å². The van der Waals surface area contributed by atoms with E-state index in [1.54, 1.807) is 0 Å². The van der Waals surface area contributed by atoms with Crippen LogP contribution in [0.4, 0.5) is 10.1 Å². The van der Waals surface area contributed by atoms with Crippen LogP contribution in [0, 0.1) is 5.82 Å². The third-order valence-corrected chi connectivity index (χ3v) is 4.28. The van der Waals surface area contributed by atoms with E-state index in [4.69, 9.17) is 0 Å². The molecule has 0 saturated carbocycles. The van der Waals surface area contributed by atoms with Gasteiger partial charge in [0, 0.05) is 18.9 Å². The minimum absolute atomic E-state index is 0.0692.